The zero-order chi connectivity index (χ0) is 29.5. The quantitative estimate of drug-likeness (QED) is 0.130. The van der Waals surface area contributed by atoms with Crippen molar-refractivity contribution < 1.29 is 14.3 Å². The predicted octanol–water partition coefficient (Wildman–Crippen LogP) is 8.50. The van der Waals surface area contributed by atoms with E-state index in [1.165, 1.54) is 6.21 Å². The second-order valence-electron chi connectivity index (χ2n) is 9.45. The number of aromatic nitrogens is 1. The van der Waals surface area contributed by atoms with Gasteiger partial charge in [0.1, 0.15) is 6.61 Å². The van der Waals surface area contributed by atoms with Crippen LogP contribution >= 0.6 is 23.2 Å². The summed E-state index contributed by atoms with van der Waals surface area (Å²) in [4.78, 5) is 12.8. The van der Waals surface area contributed by atoms with Crippen LogP contribution < -0.4 is 14.9 Å². The fourth-order valence-corrected chi connectivity index (χ4v) is 5.00. The van der Waals surface area contributed by atoms with Crippen molar-refractivity contribution in [1.82, 2.24) is 9.99 Å². The molecule has 0 saturated heterocycles. The molecule has 5 rings (SSSR count). The summed E-state index contributed by atoms with van der Waals surface area (Å²) < 4.78 is 13.9. The van der Waals surface area contributed by atoms with Crippen LogP contribution in [0.1, 0.15) is 34.1 Å². The maximum absolute atomic E-state index is 12.8. The van der Waals surface area contributed by atoms with E-state index < -0.39 is 0 Å². The van der Waals surface area contributed by atoms with E-state index in [1.54, 1.807) is 30.3 Å². The highest BCUT2D eigenvalue weighted by atomic mass is 35.5. The molecule has 4 aromatic carbocycles. The highest BCUT2D eigenvalue weighted by molar-refractivity contribution is 6.32. The van der Waals surface area contributed by atoms with Crippen LogP contribution in [0.3, 0.4) is 0 Å². The molecule has 1 heterocycles. The first-order chi connectivity index (χ1) is 20.4. The van der Waals surface area contributed by atoms with Crippen LogP contribution in [0.25, 0.3) is 16.9 Å². The lowest BCUT2D eigenvalue weighted by atomic mass is 10.1. The van der Waals surface area contributed by atoms with Crippen LogP contribution in [-0.2, 0) is 6.61 Å². The average Bonchev–Trinajstić information content (AvgIpc) is 3.39. The molecule has 0 aliphatic carbocycles. The SMILES string of the molecule is CCOc1cc(/C=N/NC(=O)c2ccc(-n3c(C)ccc3-c3ccccc3)cc2)cc(Cl)c1OCc1ccccc1Cl. The Hall–Kier alpha value is -4.52. The van der Waals surface area contributed by atoms with Gasteiger partial charge in [-0.05, 0) is 79.6 Å². The molecule has 0 saturated carbocycles. The lowest BCUT2D eigenvalue weighted by Crippen LogP contribution is -2.17. The molecule has 212 valence electrons. The molecule has 5 aromatic rings. The lowest BCUT2D eigenvalue weighted by molar-refractivity contribution is 0.0955. The molecule has 0 bridgehead atoms. The number of rotatable bonds is 10. The van der Waals surface area contributed by atoms with Gasteiger partial charge in [-0.2, -0.15) is 5.10 Å². The number of carbonyl (C=O) groups is 1. The van der Waals surface area contributed by atoms with Gasteiger partial charge in [0.15, 0.2) is 11.5 Å². The largest absolute Gasteiger partial charge is 0.490 e. The summed E-state index contributed by atoms with van der Waals surface area (Å²) in [5.74, 6) is 0.546. The molecule has 42 heavy (non-hydrogen) atoms. The third-order valence-electron chi connectivity index (χ3n) is 6.57. The number of hydrogen-bond acceptors (Lipinski definition) is 4. The van der Waals surface area contributed by atoms with E-state index in [0.717, 1.165) is 28.2 Å². The molecule has 0 unspecified atom stereocenters. The molecule has 0 aliphatic heterocycles. The number of ether oxygens (including phenoxy) is 2. The molecule has 8 heteroatoms. The summed E-state index contributed by atoms with van der Waals surface area (Å²) in [6.45, 7) is 4.58. The number of halogens is 2. The minimum atomic E-state index is -0.332. The Bertz CT molecular complexity index is 1710. The van der Waals surface area contributed by atoms with E-state index in [0.29, 0.717) is 39.3 Å². The number of benzene rings is 4. The van der Waals surface area contributed by atoms with Crippen molar-refractivity contribution in [2.75, 3.05) is 6.61 Å². The Labute approximate surface area is 255 Å². The third-order valence-corrected chi connectivity index (χ3v) is 7.22. The van der Waals surface area contributed by atoms with Crippen molar-refractivity contribution >= 4 is 35.3 Å². The van der Waals surface area contributed by atoms with Crippen molar-refractivity contribution in [1.29, 1.82) is 0 Å². The molecule has 0 spiro atoms. The summed E-state index contributed by atoms with van der Waals surface area (Å²) in [5, 5.41) is 5.10. The second kappa shape index (κ2) is 13.4. The van der Waals surface area contributed by atoms with Gasteiger partial charge < -0.3 is 14.0 Å². The van der Waals surface area contributed by atoms with E-state index in [9.17, 15) is 4.79 Å². The van der Waals surface area contributed by atoms with Crippen LogP contribution in [0.4, 0.5) is 0 Å². The molecule has 0 fully saturated rings. The van der Waals surface area contributed by atoms with E-state index in [-0.39, 0.29) is 12.5 Å². The Morgan fingerprint density at radius 3 is 2.36 bits per heavy atom. The van der Waals surface area contributed by atoms with Crippen LogP contribution in [0, 0.1) is 6.92 Å². The van der Waals surface area contributed by atoms with Gasteiger partial charge >= 0.3 is 0 Å². The average molecular weight is 599 g/mol. The van der Waals surface area contributed by atoms with Crippen molar-refractivity contribution in [3.63, 3.8) is 0 Å². The maximum Gasteiger partial charge on any atom is 0.271 e. The highest BCUT2D eigenvalue weighted by Crippen LogP contribution is 2.37. The molecule has 6 nitrogen and oxygen atoms in total. The first-order valence-electron chi connectivity index (χ1n) is 13.4. The van der Waals surface area contributed by atoms with Gasteiger partial charge in [-0.3, -0.25) is 4.79 Å². The maximum atomic E-state index is 12.8. The topological polar surface area (TPSA) is 64.8 Å². The molecule has 0 atom stereocenters. The summed E-state index contributed by atoms with van der Waals surface area (Å²) in [6, 6.07) is 32.7. The fourth-order valence-electron chi connectivity index (χ4n) is 4.54. The van der Waals surface area contributed by atoms with Crippen molar-refractivity contribution in [2.45, 2.75) is 20.5 Å². The van der Waals surface area contributed by atoms with E-state index >= 15 is 0 Å². The summed E-state index contributed by atoms with van der Waals surface area (Å²) >= 11 is 12.8. The fraction of sp³-hybridized carbons (Fsp3) is 0.118. The van der Waals surface area contributed by atoms with Gasteiger partial charge in [0, 0.05) is 27.5 Å². The van der Waals surface area contributed by atoms with Crippen LogP contribution in [-0.4, -0.2) is 23.3 Å². The van der Waals surface area contributed by atoms with E-state index in [4.69, 9.17) is 32.7 Å². The van der Waals surface area contributed by atoms with Crippen molar-refractivity contribution in [2.24, 2.45) is 5.10 Å². The van der Waals surface area contributed by atoms with Gasteiger partial charge in [0.2, 0.25) is 0 Å². The van der Waals surface area contributed by atoms with Crippen LogP contribution in [0.15, 0.2) is 108 Å². The van der Waals surface area contributed by atoms with Gasteiger partial charge in [-0.25, -0.2) is 5.43 Å². The van der Waals surface area contributed by atoms with E-state index in [1.807, 2.05) is 55.5 Å². The first-order valence-corrected chi connectivity index (χ1v) is 14.2. The standard InChI is InChI=1S/C34H29Cl2N3O3/c1-3-41-32-20-24(19-30(36)33(32)42-22-27-11-7-8-12-29(27)35)21-37-38-34(40)26-14-16-28(17-15-26)39-23(2)13-18-31(39)25-9-5-4-6-10-25/h4-21H,3,22H2,1-2H3,(H,38,40)/b37-21+. The van der Waals surface area contributed by atoms with Gasteiger partial charge in [-0.15, -0.1) is 0 Å². The first kappa shape index (κ1) is 29.0. The predicted molar refractivity (Wildman–Crippen MR) is 169 cm³/mol. The van der Waals surface area contributed by atoms with Gasteiger partial charge in [0.25, 0.3) is 5.91 Å². The summed E-state index contributed by atoms with van der Waals surface area (Å²) in [5.41, 5.74) is 8.81. The highest BCUT2D eigenvalue weighted by Gasteiger charge is 2.14. The number of aryl methyl sites for hydroxylation is 1. The zero-order valence-electron chi connectivity index (χ0n) is 23.2. The van der Waals surface area contributed by atoms with Crippen molar-refractivity contribution in [3.05, 3.63) is 136 Å². The monoisotopic (exact) mass is 597 g/mol. The van der Waals surface area contributed by atoms with Gasteiger partial charge in [-0.1, -0.05) is 71.7 Å². The number of hydrazone groups is 1. The summed E-state index contributed by atoms with van der Waals surface area (Å²) in [7, 11) is 0. The van der Waals surface area contributed by atoms with Crippen molar-refractivity contribution in [3.8, 4) is 28.4 Å². The lowest BCUT2D eigenvalue weighted by Gasteiger charge is -2.15. The molecular weight excluding hydrogens is 569 g/mol. The third kappa shape index (κ3) is 6.68. The molecule has 1 aromatic heterocycles. The summed E-state index contributed by atoms with van der Waals surface area (Å²) in [6.07, 6.45) is 1.51. The Balaban J connectivity index is 1.27. The Morgan fingerprint density at radius 2 is 1.62 bits per heavy atom. The molecule has 0 radical (unpaired) electrons. The second-order valence-corrected chi connectivity index (χ2v) is 10.3. The normalized spacial score (nSPS) is 11.0. The van der Waals surface area contributed by atoms with Crippen LogP contribution in [0.5, 0.6) is 11.5 Å². The van der Waals surface area contributed by atoms with Gasteiger partial charge in [0.05, 0.1) is 23.5 Å². The molecule has 1 N–H and O–H groups in total. The number of amides is 1. The minimum Gasteiger partial charge on any atom is -0.490 e. The number of carbonyl (C=O) groups excluding carboxylic acids is 1. The molecule has 1 amide bonds. The number of hydrogen-bond donors (Lipinski definition) is 1. The number of nitrogens with zero attached hydrogens (tertiary/aromatic N) is 2. The van der Waals surface area contributed by atoms with E-state index in [2.05, 4.69) is 46.3 Å². The smallest absolute Gasteiger partial charge is 0.271 e. The number of nitrogens with one attached hydrogen (secondary N) is 1. The molecule has 0 aliphatic rings. The minimum absolute atomic E-state index is 0.235. The Morgan fingerprint density at radius 1 is 0.881 bits per heavy atom. The zero-order valence-corrected chi connectivity index (χ0v) is 24.7. The molecular formula is C34H29Cl2N3O3. The Kier molecular flexibility index (Phi) is 9.27. The van der Waals surface area contributed by atoms with Crippen LogP contribution in [0.2, 0.25) is 10.0 Å².